The minimum absolute atomic E-state index is 0.000408. The van der Waals surface area contributed by atoms with Crippen molar-refractivity contribution in [1.29, 1.82) is 5.26 Å². The summed E-state index contributed by atoms with van der Waals surface area (Å²) in [5.74, 6) is -1.46. The SMILES string of the molecule is Cc1ccccc1C(=O)Nc1ccc(C(=O)O)cc1C#N. The minimum Gasteiger partial charge on any atom is -0.478 e. The smallest absolute Gasteiger partial charge is 0.335 e. The fraction of sp³-hybridized carbons (Fsp3) is 0.0625. The highest BCUT2D eigenvalue weighted by Gasteiger charge is 2.13. The van der Waals surface area contributed by atoms with Crippen LogP contribution < -0.4 is 5.32 Å². The maximum atomic E-state index is 12.2. The number of carbonyl (C=O) groups excluding carboxylic acids is 1. The number of nitrogens with zero attached hydrogens (tertiary/aromatic N) is 1. The van der Waals surface area contributed by atoms with Crippen LogP contribution in [0.1, 0.15) is 31.8 Å². The number of carboxylic acids is 1. The molecule has 0 aliphatic heterocycles. The molecule has 0 saturated carbocycles. The molecule has 0 fully saturated rings. The number of carboxylic acid groups (broad SMARTS) is 1. The van der Waals surface area contributed by atoms with Crippen molar-refractivity contribution < 1.29 is 14.7 Å². The molecule has 0 aliphatic carbocycles. The van der Waals surface area contributed by atoms with Crippen LogP contribution in [0.2, 0.25) is 0 Å². The maximum absolute atomic E-state index is 12.2. The van der Waals surface area contributed by atoms with Gasteiger partial charge in [0.15, 0.2) is 0 Å². The van der Waals surface area contributed by atoms with Crippen LogP contribution in [0.4, 0.5) is 5.69 Å². The van der Waals surface area contributed by atoms with Crippen molar-refractivity contribution >= 4 is 17.6 Å². The standard InChI is InChI=1S/C16H12N2O3/c1-10-4-2-3-5-13(10)15(19)18-14-7-6-11(16(20)21)8-12(14)9-17/h2-8H,1H3,(H,18,19)(H,20,21). The average molecular weight is 280 g/mol. The Morgan fingerprint density at radius 3 is 2.52 bits per heavy atom. The van der Waals surface area contributed by atoms with Gasteiger partial charge in [0.05, 0.1) is 16.8 Å². The summed E-state index contributed by atoms with van der Waals surface area (Å²) >= 11 is 0. The van der Waals surface area contributed by atoms with Gasteiger partial charge in [0.1, 0.15) is 6.07 Å². The molecule has 0 bridgehead atoms. The Labute approximate surface area is 121 Å². The van der Waals surface area contributed by atoms with Gasteiger partial charge in [0.2, 0.25) is 0 Å². The summed E-state index contributed by atoms with van der Waals surface area (Å²) in [6, 6.07) is 12.9. The van der Waals surface area contributed by atoms with Crippen LogP contribution in [-0.4, -0.2) is 17.0 Å². The zero-order chi connectivity index (χ0) is 15.4. The predicted octanol–water partition coefficient (Wildman–Crippen LogP) is 2.82. The molecule has 5 heteroatoms. The van der Waals surface area contributed by atoms with Crippen LogP contribution in [0.25, 0.3) is 0 Å². The molecule has 0 unspecified atom stereocenters. The number of hydrogen-bond donors (Lipinski definition) is 2. The number of benzene rings is 2. The summed E-state index contributed by atoms with van der Waals surface area (Å²) in [7, 11) is 0. The van der Waals surface area contributed by atoms with Crippen molar-refractivity contribution in [1.82, 2.24) is 0 Å². The molecular formula is C16H12N2O3. The molecule has 0 saturated heterocycles. The second-order valence-corrected chi connectivity index (χ2v) is 4.45. The Morgan fingerprint density at radius 2 is 1.90 bits per heavy atom. The van der Waals surface area contributed by atoms with Crippen molar-refractivity contribution in [2.75, 3.05) is 5.32 Å². The average Bonchev–Trinajstić information content (AvgIpc) is 2.47. The summed E-state index contributed by atoms with van der Waals surface area (Å²) in [5.41, 5.74) is 1.72. The van der Waals surface area contributed by atoms with E-state index in [-0.39, 0.29) is 22.7 Å². The zero-order valence-corrected chi connectivity index (χ0v) is 11.3. The van der Waals surface area contributed by atoms with E-state index in [1.54, 1.807) is 12.1 Å². The van der Waals surface area contributed by atoms with Crippen molar-refractivity contribution in [3.05, 3.63) is 64.7 Å². The number of aromatic carboxylic acids is 1. The summed E-state index contributed by atoms with van der Waals surface area (Å²) in [6.45, 7) is 1.81. The van der Waals surface area contributed by atoms with Crippen molar-refractivity contribution in [2.24, 2.45) is 0 Å². The monoisotopic (exact) mass is 280 g/mol. The number of anilines is 1. The van der Waals surface area contributed by atoms with E-state index in [2.05, 4.69) is 5.32 Å². The molecule has 2 rings (SSSR count). The minimum atomic E-state index is -1.12. The third-order valence-electron chi connectivity index (χ3n) is 3.02. The van der Waals surface area contributed by atoms with E-state index in [4.69, 9.17) is 10.4 Å². The fourth-order valence-corrected chi connectivity index (χ4v) is 1.90. The molecule has 1 amide bonds. The third kappa shape index (κ3) is 3.07. The second-order valence-electron chi connectivity index (χ2n) is 4.45. The first-order valence-electron chi connectivity index (χ1n) is 6.17. The first-order chi connectivity index (χ1) is 10.0. The fourth-order valence-electron chi connectivity index (χ4n) is 1.90. The van der Waals surface area contributed by atoms with Gasteiger partial charge in [-0.1, -0.05) is 18.2 Å². The van der Waals surface area contributed by atoms with Crippen molar-refractivity contribution in [3.8, 4) is 6.07 Å². The summed E-state index contributed by atoms with van der Waals surface area (Å²) in [5, 5.41) is 20.6. The molecule has 2 aromatic rings. The van der Waals surface area contributed by atoms with E-state index < -0.39 is 5.97 Å². The lowest BCUT2D eigenvalue weighted by Gasteiger charge is -2.09. The Kier molecular flexibility index (Phi) is 4.00. The van der Waals surface area contributed by atoms with Gasteiger partial charge in [0.25, 0.3) is 5.91 Å². The molecule has 2 N–H and O–H groups in total. The number of nitriles is 1. The number of nitrogens with one attached hydrogen (secondary N) is 1. The molecule has 0 atom stereocenters. The maximum Gasteiger partial charge on any atom is 0.335 e. The Morgan fingerprint density at radius 1 is 1.19 bits per heavy atom. The Hall–Kier alpha value is -3.13. The first-order valence-corrected chi connectivity index (χ1v) is 6.17. The van der Waals surface area contributed by atoms with Gasteiger partial charge in [-0.15, -0.1) is 0 Å². The van der Waals surface area contributed by atoms with Crippen LogP contribution in [0, 0.1) is 18.3 Å². The zero-order valence-electron chi connectivity index (χ0n) is 11.3. The van der Waals surface area contributed by atoms with Gasteiger partial charge in [0, 0.05) is 5.56 Å². The van der Waals surface area contributed by atoms with E-state index in [9.17, 15) is 9.59 Å². The molecule has 0 radical (unpaired) electrons. The number of aryl methyl sites for hydroxylation is 1. The van der Waals surface area contributed by atoms with Gasteiger partial charge >= 0.3 is 5.97 Å². The molecule has 5 nitrogen and oxygen atoms in total. The predicted molar refractivity (Wildman–Crippen MR) is 77.2 cm³/mol. The van der Waals surface area contributed by atoms with E-state index in [1.165, 1.54) is 18.2 Å². The molecular weight excluding hydrogens is 268 g/mol. The van der Waals surface area contributed by atoms with E-state index in [0.29, 0.717) is 5.56 Å². The summed E-state index contributed by atoms with van der Waals surface area (Å²) in [4.78, 5) is 23.1. The molecule has 2 aromatic carbocycles. The lowest BCUT2D eigenvalue weighted by Crippen LogP contribution is -2.14. The molecule has 0 aliphatic rings. The first kappa shape index (κ1) is 14.3. The van der Waals surface area contributed by atoms with Gasteiger partial charge in [-0.2, -0.15) is 5.26 Å². The molecule has 104 valence electrons. The summed E-state index contributed by atoms with van der Waals surface area (Å²) in [6.07, 6.45) is 0. The van der Waals surface area contributed by atoms with Crippen LogP contribution in [0.3, 0.4) is 0 Å². The van der Waals surface area contributed by atoms with Crippen molar-refractivity contribution in [2.45, 2.75) is 6.92 Å². The van der Waals surface area contributed by atoms with Crippen LogP contribution in [0.5, 0.6) is 0 Å². The van der Waals surface area contributed by atoms with E-state index >= 15 is 0 Å². The van der Waals surface area contributed by atoms with Crippen LogP contribution in [-0.2, 0) is 0 Å². The normalized spacial score (nSPS) is 9.71. The Bertz CT molecular complexity index is 760. The highest BCUT2D eigenvalue weighted by atomic mass is 16.4. The quantitative estimate of drug-likeness (QED) is 0.904. The van der Waals surface area contributed by atoms with E-state index in [0.717, 1.165) is 5.56 Å². The lowest BCUT2D eigenvalue weighted by molar-refractivity contribution is 0.0696. The van der Waals surface area contributed by atoms with E-state index in [1.807, 2.05) is 25.1 Å². The number of amides is 1. The number of hydrogen-bond acceptors (Lipinski definition) is 3. The third-order valence-corrected chi connectivity index (χ3v) is 3.02. The summed E-state index contributed by atoms with van der Waals surface area (Å²) < 4.78 is 0. The van der Waals surface area contributed by atoms with Gasteiger partial charge in [-0.05, 0) is 36.8 Å². The van der Waals surface area contributed by atoms with Gasteiger partial charge < -0.3 is 10.4 Å². The lowest BCUT2D eigenvalue weighted by atomic mass is 10.1. The largest absolute Gasteiger partial charge is 0.478 e. The second kappa shape index (κ2) is 5.88. The topological polar surface area (TPSA) is 90.2 Å². The van der Waals surface area contributed by atoms with Crippen molar-refractivity contribution in [3.63, 3.8) is 0 Å². The Balaban J connectivity index is 2.32. The molecule has 0 heterocycles. The highest BCUT2D eigenvalue weighted by Crippen LogP contribution is 2.18. The highest BCUT2D eigenvalue weighted by molar-refractivity contribution is 6.06. The molecule has 0 aromatic heterocycles. The number of rotatable bonds is 3. The van der Waals surface area contributed by atoms with Crippen LogP contribution in [0.15, 0.2) is 42.5 Å². The molecule has 21 heavy (non-hydrogen) atoms. The number of carbonyl (C=O) groups is 2. The molecule has 0 spiro atoms. The van der Waals surface area contributed by atoms with Gasteiger partial charge in [-0.25, -0.2) is 4.79 Å². The van der Waals surface area contributed by atoms with Gasteiger partial charge in [-0.3, -0.25) is 4.79 Å². The van der Waals surface area contributed by atoms with Crippen LogP contribution >= 0.6 is 0 Å².